The third-order valence-electron chi connectivity index (χ3n) is 4.12. The van der Waals surface area contributed by atoms with Gasteiger partial charge in [0.05, 0.1) is 11.1 Å². The second kappa shape index (κ2) is 7.49. The van der Waals surface area contributed by atoms with Gasteiger partial charge in [0.25, 0.3) is 5.91 Å². The number of fused-ring (bicyclic) bond motifs is 1. The smallest absolute Gasteiger partial charge is 0.339 e. The normalized spacial score (nSPS) is 10.7. The van der Waals surface area contributed by atoms with Gasteiger partial charge in [-0.2, -0.15) is 0 Å². The first kappa shape index (κ1) is 18.4. The van der Waals surface area contributed by atoms with Crippen molar-refractivity contribution in [3.05, 3.63) is 70.9 Å². The number of carbonyl (C=O) groups excluding carboxylic acids is 2. The van der Waals surface area contributed by atoms with Gasteiger partial charge in [0.1, 0.15) is 0 Å². The van der Waals surface area contributed by atoms with E-state index in [1.165, 1.54) is 6.07 Å². The predicted molar refractivity (Wildman–Crippen MR) is 96.5 cm³/mol. The number of para-hydroxylation sites is 1. The molecule has 0 spiro atoms. The minimum absolute atomic E-state index is 0.0661. The molecule has 138 valence electrons. The Hall–Kier alpha value is -3.35. The van der Waals surface area contributed by atoms with E-state index in [0.29, 0.717) is 27.7 Å². The minimum Gasteiger partial charge on any atom is -0.452 e. The fourth-order valence-electron chi connectivity index (χ4n) is 2.67. The lowest BCUT2D eigenvalue weighted by molar-refractivity contribution is -0.119. The Labute approximate surface area is 154 Å². The molecule has 0 unspecified atom stereocenters. The van der Waals surface area contributed by atoms with Crippen molar-refractivity contribution in [2.24, 2.45) is 0 Å². The summed E-state index contributed by atoms with van der Waals surface area (Å²) in [5.41, 5.74) is 2.42. The highest BCUT2D eigenvalue weighted by molar-refractivity contribution is 6.05. The molecule has 0 atom stereocenters. The highest BCUT2D eigenvalue weighted by Gasteiger charge is 2.19. The molecule has 1 amide bonds. The zero-order valence-corrected chi connectivity index (χ0v) is 14.7. The fraction of sp³-hybridized carbons (Fsp3) is 0.150. The molecule has 0 saturated carbocycles. The van der Waals surface area contributed by atoms with Gasteiger partial charge < -0.3 is 10.1 Å². The largest absolute Gasteiger partial charge is 0.452 e. The summed E-state index contributed by atoms with van der Waals surface area (Å²) in [6, 6.07) is 10.1. The number of pyridine rings is 1. The van der Waals surface area contributed by atoms with Crippen LogP contribution in [0.3, 0.4) is 0 Å². The van der Waals surface area contributed by atoms with Crippen LogP contribution in [-0.2, 0) is 9.53 Å². The van der Waals surface area contributed by atoms with E-state index in [-0.39, 0.29) is 5.69 Å². The summed E-state index contributed by atoms with van der Waals surface area (Å²) in [5, 5.41) is 2.98. The first-order valence-electron chi connectivity index (χ1n) is 8.15. The van der Waals surface area contributed by atoms with Crippen molar-refractivity contribution >= 4 is 28.5 Å². The van der Waals surface area contributed by atoms with Crippen molar-refractivity contribution < 1.29 is 23.1 Å². The van der Waals surface area contributed by atoms with Gasteiger partial charge in [0.15, 0.2) is 18.2 Å². The van der Waals surface area contributed by atoms with Gasteiger partial charge in [-0.3, -0.25) is 9.78 Å². The van der Waals surface area contributed by atoms with E-state index in [4.69, 9.17) is 4.74 Å². The van der Waals surface area contributed by atoms with E-state index < -0.39 is 30.1 Å². The molecule has 1 N–H and O–H groups in total. The SMILES string of the molecule is Cc1nc2ccccc2c(C(=O)OCC(=O)Nc2ccc(F)c(F)c2)c1C. The van der Waals surface area contributed by atoms with Crippen LogP contribution in [0, 0.1) is 25.5 Å². The highest BCUT2D eigenvalue weighted by Crippen LogP contribution is 2.23. The lowest BCUT2D eigenvalue weighted by Crippen LogP contribution is -2.21. The summed E-state index contributed by atoms with van der Waals surface area (Å²) in [6.07, 6.45) is 0. The van der Waals surface area contributed by atoms with E-state index in [1.54, 1.807) is 32.0 Å². The van der Waals surface area contributed by atoms with Crippen LogP contribution < -0.4 is 5.32 Å². The lowest BCUT2D eigenvalue weighted by atomic mass is 10.0. The number of ether oxygens (including phenoxy) is 1. The number of nitrogens with zero attached hydrogens (tertiary/aromatic N) is 1. The Morgan fingerprint density at radius 2 is 1.81 bits per heavy atom. The van der Waals surface area contributed by atoms with Gasteiger partial charge in [-0.1, -0.05) is 18.2 Å². The molecular formula is C20H16F2N2O3. The number of halogens is 2. The van der Waals surface area contributed by atoms with Crippen molar-refractivity contribution in [3.63, 3.8) is 0 Å². The van der Waals surface area contributed by atoms with Crippen molar-refractivity contribution in [2.45, 2.75) is 13.8 Å². The Morgan fingerprint density at radius 1 is 1.07 bits per heavy atom. The number of esters is 1. The van der Waals surface area contributed by atoms with Crippen molar-refractivity contribution in [1.82, 2.24) is 4.98 Å². The van der Waals surface area contributed by atoms with Crippen LogP contribution in [0.25, 0.3) is 10.9 Å². The van der Waals surface area contributed by atoms with E-state index >= 15 is 0 Å². The van der Waals surface area contributed by atoms with Crippen molar-refractivity contribution in [1.29, 1.82) is 0 Å². The van der Waals surface area contributed by atoms with Crippen molar-refractivity contribution in [2.75, 3.05) is 11.9 Å². The third-order valence-corrected chi connectivity index (χ3v) is 4.12. The summed E-state index contributed by atoms with van der Waals surface area (Å²) in [5.74, 6) is -3.43. The number of benzene rings is 2. The van der Waals surface area contributed by atoms with Crippen LogP contribution >= 0.6 is 0 Å². The number of amides is 1. The molecule has 5 nitrogen and oxygen atoms in total. The number of hydrogen-bond donors (Lipinski definition) is 1. The Morgan fingerprint density at radius 3 is 2.56 bits per heavy atom. The zero-order chi connectivity index (χ0) is 19.6. The lowest BCUT2D eigenvalue weighted by Gasteiger charge is -2.12. The van der Waals surface area contributed by atoms with Gasteiger partial charge in [0.2, 0.25) is 0 Å². The van der Waals surface area contributed by atoms with Gasteiger partial charge in [0, 0.05) is 22.8 Å². The number of carbonyl (C=O) groups is 2. The number of anilines is 1. The van der Waals surface area contributed by atoms with Gasteiger partial charge >= 0.3 is 5.97 Å². The molecule has 3 rings (SSSR count). The summed E-state index contributed by atoms with van der Waals surface area (Å²) in [6.45, 7) is 2.98. The molecule has 0 aliphatic carbocycles. The van der Waals surface area contributed by atoms with Crippen LogP contribution in [0.15, 0.2) is 42.5 Å². The minimum atomic E-state index is -1.08. The number of rotatable bonds is 4. The van der Waals surface area contributed by atoms with Crippen LogP contribution in [0.2, 0.25) is 0 Å². The third kappa shape index (κ3) is 3.92. The second-order valence-electron chi connectivity index (χ2n) is 5.97. The van der Waals surface area contributed by atoms with Crippen LogP contribution in [0.1, 0.15) is 21.6 Å². The fourth-order valence-corrected chi connectivity index (χ4v) is 2.67. The molecule has 1 aromatic heterocycles. The van der Waals surface area contributed by atoms with Crippen LogP contribution in [0.4, 0.5) is 14.5 Å². The average molecular weight is 370 g/mol. The van der Waals surface area contributed by atoms with E-state index in [0.717, 1.165) is 12.1 Å². The first-order chi connectivity index (χ1) is 12.9. The summed E-state index contributed by atoms with van der Waals surface area (Å²) in [4.78, 5) is 28.9. The second-order valence-corrected chi connectivity index (χ2v) is 5.97. The standard InChI is InChI=1S/C20H16F2N2O3/c1-11-12(2)23-17-6-4-3-5-14(17)19(11)20(26)27-10-18(25)24-13-7-8-15(21)16(22)9-13/h3-9H,10H2,1-2H3,(H,24,25). The molecule has 2 aromatic carbocycles. The topological polar surface area (TPSA) is 68.3 Å². The monoisotopic (exact) mass is 370 g/mol. The molecular weight excluding hydrogens is 354 g/mol. The Bertz CT molecular complexity index is 1050. The highest BCUT2D eigenvalue weighted by atomic mass is 19.2. The number of aromatic nitrogens is 1. The zero-order valence-electron chi connectivity index (χ0n) is 14.7. The Balaban J connectivity index is 1.74. The summed E-state index contributed by atoms with van der Waals surface area (Å²) in [7, 11) is 0. The molecule has 0 aliphatic rings. The molecule has 7 heteroatoms. The van der Waals surface area contributed by atoms with Gasteiger partial charge in [-0.25, -0.2) is 13.6 Å². The van der Waals surface area contributed by atoms with Crippen LogP contribution in [0.5, 0.6) is 0 Å². The van der Waals surface area contributed by atoms with Crippen molar-refractivity contribution in [3.8, 4) is 0 Å². The Kier molecular flexibility index (Phi) is 5.12. The maximum atomic E-state index is 13.2. The summed E-state index contributed by atoms with van der Waals surface area (Å²) < 4.78 is 31.2. The van der Waals surface area contributed by atoms with Gasteiger partial charge in [-0.15, -0.1) is 0 Å². The summed E-state index contributed by atoms with van der Waals surface area (Å²) >= 11 is 0. The molecule has 3 aromatic rings. The molecule has 0 fully saturated rings. The molecule has 1 heterocycles. The molecule has 0 aliphatic heterocycles. The number of aryl methyl sites for hydroxylation is 1. The number of hydrogen-bond acceptors (Lipinski definition) is 4. The molecule has 0 bridgehead atoms. The van der Waals surface area contributed by atoms with E-state index in [1.807, 2.05) is 6.07 Å². The van der Waals surface area contributed by atoms with Crippen LogP contribution in [-0.4, -0.2) is 23.5 Å². The maximum absolute atomic E-state index is 13.2. The quantitative estimate of drug-likeness (QED) is 0.707. The molecule has 0 saturated heterocycles. The molecule has 27 heavy (non-hydrogen) atoms. The average Bonchev–Trinajstić information content (AvgIpc) is 2.64. The van der Waals surface area contributed by atoms with Gasteiger partial charge in [-0.05, 0) is 37.6 Å². The first-order valence-corrected chi connectivity index (χ1v) is 8.15. The predicted octanol–water partition coefficient (Wildman–Crippen LogP) is 3.93. The number of nitrogens with one attached hydrogen (secondary N) is 1. The van der Waals surface area contributed by atoms with E-state index in [9.17, 15) is 18.4 Å². The molecule has 0 radical (unpaired) electrons. The van der Waals surface area contributed by atoms with E-state index in [2.05, 4.69) is 10.3 Å². The maximum Gasteiger partial charge on any atom is 0.339 e.